The zero-order chi connectivity index (χ0) is 17.6. The first-order valence-corrected chi connectivity index (χ1v) is 9.48. The van der Waals surface area contributed by atoms with Gasteiger partial charge in [0.05, 0.1) is 23.9 Å². The van der Waals surface area contributed by atoms with Gasteiger partial charge in [0.1, 0.15) is 18.3 Å². The summed E-state index contributed by atoms with van der Waals surface area (Å²) >= 11 is 0. The molecule has 0 bridgehead atoms. The molecular weight excluding hydrogens is 320 g/mol. The second-order valence-corrected chi connectivity index (χ2v) is 9.14. The Labute approximate surface area is 149 Å². The molecule has 3 saturated heterocycles. The van der Waals surface area contributed by atoms with Crippen LogP contribution in [0.1, 0.15) is 40.0 Å². The standard InChI is InChI=1S/C20H28O5/c1-10-7-14-17(23-14)20(4,21)6-5-11-12-8-15(16-19(2,3)25-16)24-18(12)22-9-13(10)11/h8,11,13-18,21H,1,5-7,9H2,2-4H3/t11-,13+,14-,15+,16-,17-,18+,20+/m1/s1. The van der Waals surface area contributed by atoms with Crippen molar-refractivity contribution in [3.05, 3.63) is 23.8 Å². The summed E-state index contributed by atoms with van der Waals surface area (Å²) in [5, 5.41) is 10.8. The molecule has 8 atom stereocenters. The first kappa shape index (κ1) is 16.5. The monoisotopic (exact) mass is 348 g/mol. The van der Waals surface area contributed by atoms with Crippen molar-refractivity contribution >= 4 is 0 Å². The van der Waals surface area contributed by atoms with Crippen molar-refractivity contribution in [2.45, 2.75) is 81.9 Å². The second kappa shape index (κ2) is 5.17. The Morgan fingerprint density at radius 1 is 1.16 bits per heavy atom. The Morgan fingerprint density at radius 2 is 1.92 bits per heavy atom. The molecule has 0 radical (unpaired) electrons. The number of ether oxygens (including phenoxy) is 4. The van der Waals surface area contributed by atoms with E-state index in [-0.39, 0.29) is 42.2 Å². The van der Waals surface area contributed by atoms with Gasteiger partial charge in [0.25, 0.3) is 0 Å². The van der Waals surface area contributed by atoms with Crippen molar-refractivity contribution in [3.8, 4) is 0 Å². The maximum Gasteiger partial charge on any atom is 0.181 e. The fourth-order valence-corrected chi connectivity index (χ4v) is 5.03. The van der Waals surface area contributed by atoms with Crippen LogP contribution in [0.25, 0.3) is 0 Å². The highest BCUT2D eigenvalue weighted by Gasteiger charge is 2.57. The number of hydrogen-bond acceptors (Lipinski definition) is 5. The van der Waals surface area contributed by atoms with Crippen LogP contribution in [0, 0.1) is 11.8 Å². The summed E-state index contributed by atoms with van der Waals surface area (Å²) in [6.45, 7) is 11.1. The molecule has 1 aliphatic carbocycles. The van der Waals surface area contributed by atoms with Gasteiger partial charge in [-0.3, -0.25) is 0 Å². The molecule has 0 aromatic rings. The average Bonchev–Trinajstić information content (AvgIpc) is 3.38. The number of hydrogen-bond donors (Lipinski definition) is 1. The topological polar surface area (TPSA) is 63.8 Å². The van der Waals surface area contributed by atoms with E-state index in [9.17, 15) is 5.11 Å². The Morgan fingerprint density at radius 3 is 2.64 bits per heavy atom. The average molecular weight is 348 g/mol. The van der Waals surface area contributed by atoms with Crippen molar-refractivity contribution in [1.82, 2.24) is 0 Å². The van der Waals surface area contributed by atoms with E-state index in [4.69, 9.17) is 18.9 Å². The summed E-state index contributed by atoms with van der Waals surface area (Å²) < 4.78 is 23.7. The Kier molecular flexibility index (Phi) is 3.40. The van der Waals surface area contributed by atoms with Gasteiger partial charge in [-0.1, -0.05) is 12.2 Å². The summed E-state index contributed by atoms with van der Waals surface area (Å²) in [6, 6.07) is 0. The predicted octanol–water partition coefficient (Wildman–Crippen LogP) is 2.34. The van der Waals surface area contributed by atoms with Gasteiger partial charge < -0.3 is 24.1 Å². The molecule has 0 amide bonds. The molecule has 0 aromatic heterocycles. The van der Waals surface area contributed by atoms with Crippen LogP contribution >= 0.6 is 0 Å². The van der Waals surface area contributed by atoms with Crippen LogP contribution in [0.4, 0.5) is 0 Å². The molecule has 0 unspecified atom stereocenters. The lowest BCUT2D eigenvalue weighted by Gasteiger charge is -2.38. The van der Waals surface area contributed by atoms with Crippen molar-refractivity contribution in [3.63, 3.8) is 0 Å². The molecule has 0 aromatic carbocycles. The van der Waals surface area contributed by atoms with Crippen LogP contribution in [0.3, 0.4) is 0 Å². The highest BCUT2D eigenvalue weighted by atomic mass is 16.7. The maximum atomic E-state index is 10.8. The summed E-state index contributed by atoms with van der Waals surface area (Å²) in [7, 11) is 0. The van der Waals surface area contributed by atoms with Crippen LogP contribution in [-0.4, -0.2) is 53.6 Å². The van der Waals surface area contributed by atoms with Crippen molar-refractivity contribution < 1.29 is 24.1 Å². The summed E-state index contributed by atoms with van der Waals surface area (Å²) in [6.07, 6.45) is 4.52. The maximum absolute atomic E-state index is 10.8. The first-order chi connectivity index (χ1) is 11.8. The molecule has 5 rings (SSSR count). The van der Waals surface area contributed by atoms with Crippen LogP contribution in [-0.2, 0) is 18.9 Å². The molecule has 4 aliphatic heterocycles. The third-order valence-corrected chi connectivity index (χ3v) is 6.75. The molecule has 0 spiro atoms. The quantitative estimate of drug-likeness (QED) is 0.582. The lowest BCUT2D eigenvalue weighted by atomic mass is 9.76. The second-order valence-electron chi connectivity index (χ2n) is 9.14. The third kappa shape index (κ3) is 2.63. The van der Waals surface area contributed by atoms with Gasteiger partial charge in [-0.05, 0) is 57.6 Å². The fourth-order valence-electron chi connectivity index (χ4n) is 5.03. The minimum atomic E-state index is -0.769. The van der Waals surface area contributed by atoms with Gasteiger partial charge in [0.2, 0.25) is 0 Å². The van der Waals surface area contributed by atoms with Crippen molar-refractivity contribution in [2.24, 2.45) is 11.8 Å². The normalized spacial score (nSPS) is 53.5. The van der Waals surface area contributed by atoms with Gasteiger partial charge in [-0.2, -0.15) is 0 Å². The van der Waals surface area contributed by atoms with E-state index in [1.165, 1.54) is 11.1 Å². The Bertz CT molecular complexity index is 636. The van der Waals surface area contributed by atoms with E-state index < -0.39 is 5.60 Å². The molecule has 5 heteroatoms. The van der Waals surface area contributed by atoms with Crippen LogP contribution in [0.15, 0.2) is 23.8 Å². The highest BCUT2D eigenvalue weighted by molar-refractivity contribution is 5.28. The summed E-state index contributed by atoms with van der Waals surface area (Å²) in [5.41, 5.74) is 1.52. The van der Waals surface area contributed by atoms with Gasteiger partial charge in [-0.15, -0.1) is 0 Å². The zero-order valence-electron chi connectivity index (χ0n) is 15.2. The molecule has 25 heavy (non-hydrogen) atoms. The molecule has 138 valence electrons. The number of fused-ring (bicyclic) bond motifs is 4. The van der Waals surface area contributed by atoms with Crippen molar-refractivity contribution in [1.29, 1.82) is 0 Å². The number of aliphatic hydroxyl groups is 1. The largest absolute Gasteiger partial charge is 0.387 e. The lowest BCUT2D eigenvalue weighted by molar-refractivity contribution is -0.155. The molecule has 4 fully saturated rings. The summed E-state index contributed by atoms with van der Waals surface area (Å²) in [5.74, 6) is 0.596. The van der Waals surface area contributed by atoms with Gasteiger partial charge in [0.15, 0.2) is 6.29 Å². The van der Waals surface area contributed by atoms with Crippen LogP contribution in [0.2, 0.25) is 0 Å². The predicted molar refractivity (Wildman–Crippen MR) is 90.9 cm³/mol. The third-order valence-electron chi connectivity index (χ3n) is 6.75. The smallest absolute Gasteiger partial charge is 0.181 e. The number of epoxide rings is 2. The Balaban J connectivity index is 1.42. The SMILES string of the molecule is C=C1C[C@H]2O[C@H]2[C@@](C)(O)CC[C@@H]2C3=C[C@@H]([C@H]4OC4(C)C)O[C@@H]3OC[C@@H]12. The van der Waals surface area contributed by atoms with Crippen LogP contribution in [0.5, 0.6) is 0 Å². The molecule has 4 heterocycles. The van der Waals surface area contributed by atoms with E-state index in [0.29, 0.717) is 12.5 Å². The van der Waals surface area contributed by atoms with Gasteiger partial charge in [-0.25, -0.2) is 0 Å². The van der Waals surface area contributed by atoms with E-state index in [0.717, 1.165) is 19.3 Å². The first-order valence-electron chi connectivity index (χ1n) is 9.48. The molecule has 5 nitrogen and oxygen atoms in total. The summed E-state index contributed by atoms with van der Waals surface area (Å²) in [4.78, 5) is 0. The van der Waals surface area contributed by atoms with E-state index in [1.54, 1.807) is 0 Å². The lowest BCUT2D eigenvalue weighted by Crippen LogP contribution is -2.38. The minimum absolute atomic E-state index is 0.0353. The molecule has 5 aliphatic rings. The van der Waals surface area contributed by atoms with Gasteiger partial charge >= 0.3 is 0 Å². The van der Waals surface area contributed by atoms with Crippen LogP contribution < -0.4 is 0 Å². The van der Waals surface area contributed by atoms with E-state index in [2.05, 4.69) is 26.5 Å². The number of rotatable bonds is 1. The fraction of sp³-hybridized carbons (Fsp3) is 0.800. The van der Waals surface area contributed by atoms with E-state index in [1.807, 2.05) is 6.92 Å². The minimum Gasteiger partial charge on any atom is -0.387 e. The molecule has 1 saturated carbocycles. The van der Waals surface area contributed by atoms with Gasteiger partial charge in [0, 0.05) is 5.92 Å². The zero-order valence-corrected chi connectivity index (χ0v) is 15.2. The van der Waals surface area contributed by atoms with Crippen molar-refractivity contribution in [2.75, 3.05) is 6.61 Å². The Hall–Kier alpha value is -0.720. The molecular formula is C20H28O5. The highest BCUT2D eigenvalue weighted by Crippen LogP contribution is 2.50. The van der Waals surface area contributed by atoms with E-state index >= 15 is 0 Å². The molecule has 1 N–H and O–H groups in total.